The molecule has 6 rings (SSSR count). The molecule has 2 heterocycles. The van der Waals surface area contributed by atoms with Crippen LogP contribution >= 0.6 is 0 Å². The number of hydrogen-bond donors (Lipinski definition) is 3. The van der Waals surface area contributed by atoms with Crippen molar-refractivity contribution in [1.29, 1.82) is 0 Å². The lowest BCUT2D eigenvalue weighted by atomic mass is 9.89. The Kier molecular flexibility index (Phi) is 12.3. The average Bonchev–Trinajstić information content (AvgIpc) is 3.19. The second kappa shape index (κ2) is 17.3. The van der Waals surface area contributed by atoms with Crippen LogP contribution in [-0.2, 0) is 39.0 Å². The molecule has 0 fully saturated rings. The summed E-state index contributed by atoms with van der Waals surface area (Å²) in [4.78, 5) is 28.9. The molecule has 0 saturated heterocycles. The molecule has 0 aliphatic carbocycles. The lowest BCUT2D eigenvalue weighted by molar-refractivity contribution is -0.139. The van der Waals surface area contributed by atoms with Crippen molar-refractivity contribution in [3.05, 3.63) is 119 Å². The van der Waals surface area contributed by atoms with Gasteiger partial charge >= 0.3 is 5.97 Å². The Balaban J connectivity index is 1.22. The van der Waals surface area contributed by atoms with E-state index < -0.39 is 56.8 Å². The molecular weight excluding hydrogens is 768 g/mol. The summed E-state index contributed by atoms with van der Waals surface area (Å²) in [6.07, 6.45) is 2.19. The summed E-state index contributed by atoms with van der Waals surface area (Å²) in [6, 6.07) is 14.7. The molecule has 0 spiro atoms. The fraction of sp³-hybridized carbons (Fsp3) is 0.244. The Hall–Kier alpha value is -6.13. The van der Waals surface area contributed by atoms with Gasteiger partial charge in [-0.1, -0.05) is 24.3 Å². The first-order valence-corrected chi connectivity index (χ1v) is 19.2. The third kappa shape index (κ3) is 8.97. The van der Waals surface area contributed by atoms with Gasteiger partial charge in [0.15, 0.2) is 0 Å². The summed E-state index contributed by atoms with van der Waals surface area (Å²) in [6.45, 7) is 3.10. The smallest absolute Gasteiger partial charge is 0.326 e. The minimum absolute atomic E-state index is 0.263. The van der Waals surface area contributed by atoms with Crippen molar-refractivity contribution in [2.24, 2.45) is 0 Å². The van der Waals surface area contributed by atoms with Crippen LogP contribution in [-0.4, -0.2) is 63.9 Å². The first-order chi connectivity index (χ1) is 27.3. The van der Waals surface area contributed by atoms with Crippen LogP contribution in [0.15, 0.2) is 83.9 Å². The zero-order chi connectivity index (χ0) is 40.9. The molecule has 4 aromatic carbocycles. The second-order valence-electron chi connectivity index (χ2n) is 12.9. The Morgan fingerprint density at radius 2 is 1.61 bits per heavy atom. The summed E-state index contributed by atoms with van der Waals surface area (Å²) in [7, 11) is -1.30. The predicted molar refractivity (Wildman–Crippen MR) is 204 cm³/mol. The van der Waals surface area contributed by atoms with Crippen molar-refractivity contribution < 1.29 is 55.2 Å². The number of ether oxygens (including phenoxy) is 4. The van der Waals surface area contributed by atoms with Gasteiger partial charge in [-0.2, -0.15) is 4.39 Å². The van der Waals surface area contributed by atoms with Gasteiger partial charge in [-0.25, -0.2) is 27.0 Å². The average molecular weight is 806 g/mol. The molecule has 1 aliphatic heterocycles. The Morgan fingerprint density at radius 1 is 0.930 bits per heavy atom. The number of methoxy groups -OCH3 is 2. The van der Waals surface area contributed by atoms with Gasteiger partial charge in [-0.15, -0.1) is 0 Å². The van der Waals surface area contributed by atoms with Gasteiger partial charge in [-0.05, 0) is 90.0 Å². The molecule has 298 valence electrons. The van der Waals surface area contributed by atoms with E-state index in [1.807, 2.05) is 19.1 Å². The third-order valence-electron chi connectivity index (χ3n) is 9.24. The maximum Gasteiger partial charge on any atom is 0.326 e. The van der Waals surface area contributed by atoms with E-state index in [-0.39, 0.29) is 11.3 Å². The number of benzene rings is 4. The number of amides is 1. The fourth-order valence-corrected chi connectivity index (χ4v) is 7.62. The number of anilines is 1. The second-order valence-corrected chi connectivity index (χ2v) is 14.6. The van der Waals surface area contributed by atoms with Gasteiger partial charge in [0, 0.05) is 30.9 Å². The number of halogens is 3. The highest BCUT2D eigenvalue weighted by Gasteiger charge is 2.30. The number of nitrogens with zero attached hydrogens (tertiary/aromatic N) is 1. The molecule has 3 N–H and O–H groups in total. The molecule has 16 heteroatoms. The minimum Gasteiger partial charge on any atom is -0.496 e. The zero-order valence-corrected chi connectivity index (χ0v) is 31.8. The van der Waals surface area contributed by atoms with Crippen molar-refractivity contribution in [1.82, 2.24) is 10.3 Å². The largest absolute Gasteiger partial charge is 0.496 e. The van der Waals surface area contributed by atoms with Gasteiger partial charge in [0.25, 0.3) is 15.9 Å². The monoisotopic (exact) mass is 805 g/mol. The van der Waals surface area contributed by atoms with Crippen molar-refractivity contribution in [3.8, 4) is 39.5 Å². The Morgan fingerprint density at radius 3 is 2.23 bits per heavy atom. The van der Waals surface area contributed by atoms with E-state index in [2.05, 4.69) is 15.0 Å². The van der Waals surface area contributed by atoms with E-state index >= 15 is 8.78 Å². The highest BCUT2D eigenvalue weighted by molar-refractivity contribution is 7.92. The number of fused-ring (bicyclic) bond motifs is 1. The molecule has 1 amide bonds. The van der Waals surface area contributed by atoms with E-state index in [0.717, 1.165) is 16.7 Å². The van der Waals surface area contributed by atoms with E-state index in [4.69, 9.17) is 18.9 Å². The molecule has 1 atom stereocenters. The van der Waals surface area contributed by atoms with Gasteiger partial charge in [0.1, 0.15) is 40.5 Å². The molecule has 0 unspecified atom stereocenters. The van der Waals surface area contributed by atoms with Crippen LogP contribution in [0.1, 0.15) is 40.4 Å². The zero-order valence-electron chi connectivity index (χ0n) is 31.0. The van der Waals surface area contributed by atoms with Crippen LogP contribution in [0.4, 0.5) is 18.9 Å². The summed E-state index contributed by atoms with van der Waals surface area (Å²) >= 11 is 0. The number of aliphatic carboxylic acids is 1. The lowest BCUT2D eigenvalue weighted by Gasteiger charge is -2.26. The molecular formula is C41H38F3N3O9S. The molecule has 1 aromatic heterocycles. The van der Waals surface area contributed by atoms with E-state index in [0.29, 0.717) is 84.3 Å². The Bertz CT molecular complexity index is 2380. The number of carbonyl (C=O) groups is 2. The first kappa shape index (κ1) is 40.5. The van der Waals surface area contributed by atoms with Gasteiger partial charge < -0.3 is 29.4 Å². The highest BCUT2D eigenvalue weighted by atomic mass is 32.2. The highest BCUT2D eigenvalue weighted by Crippen LogP contribution is 2.46. The number of carboxylic acid groups (broad SMARTS) is 1. The minimum atomic E-state index is -4.37. The normalized spacial score (nSPS) is 12.9. The topological polar surface area (TPSA) is 162 Å². The van der Waals surface area contributed by atoms with Crippen molar-refractivity contribution in [2.75, 3.05) is 32.2 Å². The summed E-state index contributed by atoms with van der Waals surface area (Å²) in [5.74, 6) is -4.98. The summed E-state index contributed by atoms with van der Waals surface area (Å²) in [5.41, 5.74) is 2.72. The molecule has 1 aliphatic rings. The summed E-state index contributed by atoms with van der Waals surface area (Å²) in [5, 5.41) is 12.3. The maximum atomic E-state index is 15.4. The quantitative estimate of drug-likeness (QED) is 0.0946. The van der Waals surface area contributed by atoms with E-state index in [9.17, 15) is 27.5 Å². The van der Waals surface area contributed by atoms with Crippen molar-refractivity contribution >= 4 is 27.6 Å². The number of pyridine rings is 1. The fourth-order valence-electron chi connectivity index (χ4n) is 6.58. The summed E-state index contributed by atoms with van der Waals surface area (Å²) < 4.78 is 95.6. The van der Waals surface area contributed by atoms with Crippen LogP contribution in [0.25, 0.3) is 22.3 Å². The molecule has 12 nitrogen and oxygen atoms in total. The van der Waals surface area contributed by atoms with Crippen LogP contribution in [0.3, 0.4) is 0 Å². The number of hydrogen-bond acceptors (Lipinski definition) is 9. The number of rotatable bonds is 15. The van der Waals surface area contributed by atoms with Gasteiger partial charge in [0.05, 0.1) is 43.6 Å². The number of carbonyl (C=O) groups excluding carboxylic acids is 1. The standard InChI is InChI=1S/C41H38F3N3O9S/c1-4-55-22-23-16-34(53-2)37(35(17-23)54-3)29-12-9-26(39-30(29)6-5-15-56-39)18-33(41(49)50)46-40(48)38-31(42)20-27(21-32(38)43)47-57(51,52)28-10-7-24(8-11-28)25-13-14-45-36(44)19-25/h7-14,16-17,19-21,33,47H,4-6,15,18,22H2,1-3H3,(H,46,48)(H,49,50)/t33-/m0/s1. The van der Waals surface area contributed by atoms with Crippen LogP contribution in [0, 0.1) is 17.6 Å². The van der Waals surface area contributed by atoms with Crippen LogP contribution in [0.5, 0.6) is 17.2 Å². The van der Waals surface area contributed by atoms with Gasteiger partial charge in [0.2, 0.25) is 5.95 Å². The van der Waals surface area contributed by atoms with E-state index in [1.54, 1.807) is 12.1 Å². The van der Waals surface area contributed by atoms with Crippen LogP contribution < -0.4 is 24.2 Å². The molecule has 0 bridgehead atoms. The predicted octanol–water partition coefficient (Wildman–Crippen LogP) is 6.94. The molecule has 0 saturated carbocycles. The van der Waals surface area contributed by atoms with Crippen LogP contribution in [0.2, 0.25) is 0 Å². The van der Waals surface area contributed by atoms with Gasteiger partial charge in [-0.3, -0.25) is 9.52 Å². The molecule has 57 heavy (non-hydrogen) atoms. The Labute approximate surface area is 326 Å². The number of aromatic nitrogens is 1. The lowest BCUT2D eigenvalue weighted by Crippen LogP contribution is -2.43. The number of carboxylic acids is 1. The number of sulfonamides is 1. The van der Waals surface area contributed by atoms with Crippen molar-refractivity contribution in [3.63, 3.8) is 0 Å². The third-order valence-corrected chi connectivity index (χ3v) is 10.6. The molecule has 5 aromatic rings. The molecule has 0 radical (unpaired) electrons. The SMILES string of the molecule is CCOCc1cc(OC)c(-c2ccc(C[C@H](NC(=O)c3c(F)cc(NS(=O)(=O)c4ccc(-c5ccnc(F)c5)cc4)cc3F)C(=O)O)c3c2CCCO3)c(OC)c1. The van der Waals surface area contributed by atoms with Crippen molar-refractivity contribution in [2.45, 2.75) is 43.7 Å². The first-order valence-electron chi connectivity index (χ1n) is 17.7. The number of nitrogens with one attached hydrogen (secondary N) is 2. The maximum absolute atomic E-state index is 15.4. The van der Waals surface area contributed by atoms with E-state index in [1.165, 1.54) is 56.8 Å².